The summed E-state index contributed by atoms with van der Waals surface area (Å²) in [5, 5.41) is 18.2. The van der Waals surface area contributed by atoms with Crippen molar-refractivity contribution in [3.8, 4) is 11.5 Å². The SMILES string of the molecule is CCn1c(SCc2nnc(-c3ccccc3Cl)o2)nnc1C(C)C. The Kier molecular flexibility index (Phi) is 5.20. The standard InChI is InChI=1S/C16H18ClN5OS/c1-4-22-14(10(2)3)19-21-16(22)24-9-13-18-20-15(23-13)11-7-5-6-8-12(11)17/h5-8,10H,4,9H2,1-3H3. The lowest BCUT2D eigenvalue weighted by Gasteiger charge is -2.08. The van der Waals surface area contributed by atoms with Crippen molar-refractivity contribution in [2.24, 2.45) is 0 Å². The van der Waals surface area contributed by atoms with Crippen LogP contribution in [0.15, 0.2) is 33.8 Å². The van der Waals surface area contributed by atoms with E-state index >= 15 is 0 Å². The van der Waals surface area contributed by atoms with E-state index < -0.39 is 0 Å². The summed E-state index contributed by atoms with van der Waals surface area (Å²) < 4.78 is 7.83. The first kappa shape index (κ1) is 17.0. The quantitative estimate of drug-likeness (QED) is 0.604. The third-order valence-corrected chi connectivity index (χ3v) is 4.76. The minimum absolute atomic E-state index is 0.335. The van der Waals surface area contributed by atoms with Gasteiger partial charge in [-0.25, -0.2) is 0 Å². The van der Waals surface area contributed by atoms with Crippen molar-refractivity contribution in [1.82, 2.24) is 25.0 Å². The topological polar surface area (TPSA) is 69.6 Å². The van der Waals surface area contributed by atoms with Gasteiger partial charge < -0.3 is 8.98 Å². The summed E-state index contributed by atoms with van der Waals surface area (Å²) >= 11 is 7.69. The fraction of sp³-hybridized carbons (Fsp3) is 0.375. The Morgan fingerprint density at radius 1 is 1.17 bits per heavy atom. The van der Waals surface area contributed by atoms with Crippen molar-refractivity contribution in [3.05, 3.63) is 41.0 Å². The summed E-state index contributed by atoms with van der Waals surface area (Å²) in [4.78, 5) is 0. The van der Waals surface area contributed by atoms with Gasteiger partial charge in [-0.3, -0.25) is 0 Å². The Morgan fingerprint density at radius 2 is 1.96 bits per heavy atom. The van der Waals surface area contributed by atoms with Gasteiger partial charge >= 0.3 is 0 Å². The molecule has 0 atom stereocenters. The molecule has 0 amide bonds. The molecular weight excluding hydrogens is 346 g/mol. The Balaban J connectivity index is 1.74. The second-order valence-corrected chi connectivity index (χ2v) is 6.86. The van der Waals surface area contributed by atoms with Crippen LogP contribution in [0.25, 0.3) is 11.5 Å². The van der Waals surface area contributed by atoms with Crippen LogP contribution in [-0.2, 0) is 12.3 Å². The molecule has 0 unspecified atom stereocenters. The Morgan fingerprint density at radius 3 is 2.67 bits per heavy atom. The molecular formula is C16H18ClN5OS. The molecule has 1 aromatic carbocycles. The molecule has 0 saturated carbocycles. The molecule has 2 aromatic heterocycles. The normalized spacial score (nSPS) is 11.4. The van der Waals surface area contributed by atoms with E-state index in [1.165, 1.54) is 11.8 Å². The van der Waals surface area contributed by atoms with Crippen molar-refractivity contribution >= 4 is 23.4 Å². The largest absolute Gasteiger partial charge is 0.420 e. The predicted molar refractivity (Wildman–Crippen MR) is 94.1 cm³/mol. The number of aromatic nitrogens is 5. The first-order valence-corrected chi connectivity index (χ1v) is 9.09. The van der Waals surface area contributed by atoms with Gasteiger partial charge in [0, 0.05) is 12.5 Å². The van der Waals surface area contributed by atoms with E-state index in [4.69, 9.17) is 16.0 Å². The van der Waals surface area contributed by atoms with Crippen molar-refractivity contribution in [1.29, 1.82) is 0 Å². The van der Waals surface area contributed by atoms with E-state index in [2.05, 4.69) is 45.7 Å². The maximum absolute atomic E-state index is 6.16. The van der Waals surface area contributed by atoms with Gasteiger partial charge in [-0.05, 0) is 19.1 Å². The van der Waals surface area contributed by atoms with Crippen LogP contribution < -0.4 is 0 Å². The highest BCUT2D eigenvalue weighted by Gasteiger charge is 2.16. The van der Waals surface area contributed by atoms with Crippen molar-refractivity contribution < 1.29 is 4.42 Å². The van der Waals surface area contributed by atoms with E-state index in [9.17, 15) is 0 Å². The van der Waals surface area contributed by atoms with Crippen LogP contribution in [0.1, 0.15) is 38.4 Å². The lowest BCUT2D eigenvalue weighted by molar-refractivity contribution is 0.528. The lowest BCUT2D eigenvalue weighted by Crippen LogP contribution is -2.04. The van der Waals surface area contributed by atoms with E-state index in [-0.39, 0.29) is 0 Å². The van der Waals surface area contributed by atoms with Gasteiger partial charge in [0.05, 0.1) is 16.3 Å². The van der Waals surface area contributed by atoms with Crippen molar-refractivity contribution in [2.75, 3.05) is 0 Å². The average Bonchev–Trinajstić information content (AvgIpc) is 3.19. The molecule has 3 aromatic rings. The summed E-state index contributed by atoms with van der Waals surface area (Å²) in [6.45, 7) is 7.13. The van der Waals surface area contributed by atoms with Gasteiger partial charge in [0.25, 0.3) is 0 Å². The number of halogens is 1. The summed E-state index contributed by atoms with van der Waals surface area (Å²) in [5.74, 6) is 2.82. The first-order chi connectivity index (χ1) is 11.6. The Bertz CT molecular complexity index is 829. The highest BCUT2D eigenvalue weighted by molar-refractivity contribution is 7.98. The molecule has 0 aliphatic rings. The minimum atomic E-state index is 0.335. The van der Waals surface area contributed by atoms with Crippen LogP contribution in [0.2, 0.25) is 5.02 Å². The first-order valence-electron chi connectivity index (χ1n) is 7.73. The fourth-order valence-corrected chi connectivity index (χ4v) is 3.38. The monoisotopic (exact) mass is 363 g/mol. The number of rotatable bonds is 6. The molecule has 0 aliphatic carbocycles. The molecule has 0 saturated heterocycles. The van der Waals surface area contributed by atoms with Gasteiger partial charge in [0.1, 0.15) is 5.82 Å². The molecule has 0 radical (unpaired) electrons. The van der Waals surface area contributed by atoms with Crippen LogP contribution in [0, 0.1) is 0 Å². The van der Waals surface area contributed by atoms with Gasteiger partial charge in [-0.2, -0.15) is 0 Å². The maximum Gasteiger partial charge on any atom is 0.249 e. The average molecular weight is 364 g/mol. The molecule has 0 fully saturated rings. The summed E-state index contributed by atoms with van der Waals surface area (Å²) in [6, 6.07) is 7.40. The predicted octanol–water partition coefficient (Wildman–Crippen LogP) is 4.42. The Labute approximate surface area is 149 Å². The molecule has 0 spiro atoms. The minimum Gasteiger partial charge on any atom is -0.420 e. The summed E-state index contributed by atoms with van der Waals surface area (Å²) in [6.07, 6.45) is 0. The molecule has 6 nitrogen and oxygen atoms in total. The number of hydrogen-bond donors (Lipinski definition) is 0. The molecule has 0 N–H and O–H groups in total. The molecule has 3 rings (SSSR count). The molecule has 0 bridgehead atoms. The third-order valence-electron chi connectivity index (χ3n) is 3.47. The van der Waals surface area contributed by atoms with Gasteiger partial charge in [0.2, 0.25) is 11.8 Å². The second kappa shape index (κ2) is 7.36. The molecule has 2 heterocycles. The molecule has 24 heavy (non-hydrogen) atoms. The fourth-order valence-electron chi connectivity index (χ4n) is 2.31. The van der Waals surface area contributed by atoms with Crippen molar-refractivity contribution in [3.63, 3.8) is 0 Å². The van der Waals surface area contributed by atoms with Crippen LogP contribution in [0.3, 0.4) is 0 Å². The maximum atomic E-state index is 6.16. The van der Waals surface area contributed by atoms with E-state index in [1.807, 2.05) is 18.2 Å². The number of benzene rings is 1. The molecule has 8 heteroatoms. The van der Waals surface area contributed by atoms with Gasteiger partial charge in [0.15, 0.2) is 5.16 Å². The van der Waals surface area contributed by atoms with Crippen LogP contribution in [-0.4, -0.2) is 25.0 Å². The smallest absolute Gasteiger partial charge is 0.249 e. The molecule has 0 aliphatic heterocycles. The zero-order chi connectivity index (χ0) is 17.1. The highest BCUT2D eigenvalue weighted by atomic mass is 35.5. The summed E-state index contributed by atoms with van der Waals surface area (Å²) in [5.41, 5.74) is 0.738. The Hall–Kier alpha value is -1.86. The zero-order valence-electron chi connectivity index (χ0n) is 13.7. The van der Waals surface area contributed by atoms with E-state index in [0.717, 1.165) is 23.1 Å². The van der Waals surface area contributed by atoms with Crippen LogP contribution in [0.5, 0.6) is 0 Å². The van der Waals surface area contributed by atoms with Gasteiger partial charge in [-0.1, -0.05) is 49.3 Å². The number of thioether (sulfide) groups is 1. The van der Waals surface area contributed by atoms with Crippen LogP contribution in [0.4, 0.5) is 0 Å². The van der Waals surface area contributed by atoms with E-state index in [1.54, 1.807) is 6.07 Å². The number of nitrogens with zero attached hydrogens (tertiary/aromatic N) is 5. The lowest BCUT2D eigenvalue weighted by atomic mass is 10.2. The van der Waals surface area contributed by atoms with Crippen molar-refractivity contribution in [2.45, 2.75) is 44.1 Å². The van der Waals surface area contributed by atoms with Gasteiger partial charge in [-0.15, -0.1) is 20.4 Å². The molecule has 126 valence electrons. The van der Waals surface area contributed by atoms with E-state index in [0.29, 0.717) is 28.5 Å². The highest BCUT2D eigenvalue weighted by Crippen LogP contribution is 2.28. The summed E-state index contributed by atoms with van der Waals surface area (Å²) in [7, 11) is 0. The van der Waals surface area contributed by atoms with Crippen LogP contribution >= 0.6 is 23.4 Å². The zero-order valence-corrected chi connectivity index (χ0v) is 15.3. The number of hydrogen-bond acceptors (Lipinski definition) is 6. The second-order valence-electron chi connectivity index (χ2n) is 5.51. The third kappa shape index (κ3) is 3.47.